The summed E-state index contributed by atoms with van der Waals surface area (Å²) in [6.07, 6.45) is 1.85. The van der Waals surface area contributed by atoms with Gasteiger partial charge in [0.05, 0.1) is 23.8 Å². The lowest BCUT2D eigenvalue weighted by Crippen LogP contribution is -2.36. The molecule has 0 aromatic heterocycles. The van der Waals surface area contributed by atoms with Gasteiger partial charge in [-0.15, -0.1) is 0 Å². The molecule has 2 aromatic carbocycles. The van der Waals surface area contributed by atoms with Crippen molar-refractivity contribution in [2.45, 2.75) is 13.8 Å². The number of carbonyl (C=O) groups excluding carboxylic acids is 1. The molecule has 0 unspecified atom stereocenters. The van der Waals surface area contributed by atoms with E-state index in [9.17, 15) is 9.90 Å². The summed E-state index contributed by atoms with van der Waals surface area (Å²) >= 11 is 1.36. The van der Waals surface area contributed by atoms with E-state index in [1.54, 1.807) is 11.9 Å². The van der Waals surface area contributed by atoms with E-state index in [-0.39, 0.29) is 5.91 Å². The molecule has 4 rings (SSSR count). The lowest BCUT2D eigenvalue weighted by molar-refractivity contribution is -0.121. The fourth-order valence-corrected chi connectivity index (χ4v) is 4.53. The van der Waals surface area contributed by atoms with Crippen LogP contribution in [0.1, 0.15) is 16.7 Å². The first-order chi connectivity index (χ1) is 14.4. The molecule has 2 heterocycles. The minimum Gasteiger partial charge on any atom is -0.507 e. The number of nitrogens with zero attached hydrogens (tertiary/aromatic N) is 3. The molecule has 0 aliphatic carbocycles. The Labute approximate surface area is 180 Å². The second-order valence-electron chi connectivity index (χ2n) is 7.49. The van der Waals surface area contributed by atoms with Gasteiger partial charge < -0.3 is 14.7 Å². The van der Waals surface area contributed by atoms with Crippen molar-refractivity contribution in [1.82, 2.24) is 4.90 Å². The molecule has 0 saturated carbocycles. The maximum absolute atomic E-state index is 12.7. The van der Waals surface area contributed by atoms with Crippen molar-refractivity contribution in [3.63, 3.8) is 0 Å². The maximum atomic E-state index is 12.7. The van der Waals surface area contributed by atoms with E-state index in [0.29, 0.717) is 15.8 Å². The zero-order valence-electron chi connectivity index (χ0n) is 17.4. The average Bonchev–Trinajstić information content (AvgIpc) is 3.01. The van der Waals surface area contributed by atoms with Gasteiger partial charge in [-0.1, -0.05) is 0 Å². The summed E-state index contributed by atoms with van der Waals surface area (Å²) in [7, 11) is 1.74. The number of likely N-dealkylation sites (N-methyl/N-ethyl adjacent to an activating group) is 1. The number of aromatic hydroxyl groups is 1. The number of rotatable bonds is 3. The molecular formula is C23H25N3O3S. The number of anilines is 1. The van der Waals surface area contributed by atoms with Gasteiger partial charge in [0, 0.05) is 25.8 Å². The number of hydrogen-bond donors (Lipinski definition) is 1. The highest BCUT2D eigenvalue weighted by Crippen LogP contribution is 2.34. The molecule has 1 amide bonds. The Hall–Kier alpha value is -2.77. The van der Waals surface area contributed by atoms with E-state index in [1.165, 1.54) is 11.8 Å². The molecule has 156 valence electrons. The van der Waals surface area contributed by atoms with Crippen LogP contribution in [0.2, 0.25) is 0 Å². The molecule has 2 saturated heterocycles. The molecule has 30 heavy (non-hydrogen) atoms. The van der Waals surface area contributed by atoms with Crippen LogP contribution in [0.5, 0.6) is 5.75 Å². The number of amidine groups is 1. The molecule has 7 heteroatoms. The van der Waals surface area contributed by atoms with Crippen molar-refractivity contribution >= 4 is 40.3 Å². The van der Waals surface area contributed by atoms with Gasteiger partial charge in [0.15, 0.2) is 5.17 Å². The third-order valence-electron chi connectivity index (χ3n) is 5.27. The SMILES string of the molecule is Cc1cc(/C=C2\SC(=Nc3ccc(N4CCOCC4)cc3)N(C)C2=O)cc(C)c1O. The van der Waals surface area contributed by atoms with Crippen LogP contribution in [0.4, 0.5) is 11.4 Å². The number of aliphatic imine (C=N–C) groups is 1. The molecule has 2 fully saturated rings. The van der Waals surface area contributed by atoms with E-state index in [4.69, 9.17) is 4.74 Å². The standard InChI is InChI=1S/C23H25N3O3S/c1-15-12-17(13-16(2)21(15)27)14-20-22(28)25(3)23(30-20)24-18-4-6-19(7-5-18)26-8-10-29-11-9-26/h4-7,12-14,27H,8-11H2,1-3H3/b20-14-,24-23?. The maximum Gasteiger partial charge on any atom is 0.266 e. The van der Waals surface area contributed by atoms with Gasteiger partial charge in [-0.05, 0) is 84.8 Å². The Bertz CT molecular complexity index is 1000. The third kappa shape index (κ3) is 4.22. The summed E-state index contributed by atoms with van der Waals surface area (Å²) in [5, 5.41) is 10.6. The van der Waals surface area contributed by atoms with Crippen molar-refractivity contribution in [2.24, 2.45) is 4.99 Å². The minimum atomic E-state index is -0.0768. The first-order valence-corrected chi connectivity index (χ1v) is 10.7. The number of phenolic OH excluding ortho intramolecular Hbond substituents is 1. The number of hydrogen-bond acceptors (Lipinski definition) is 6. The fourth-order valence-electron chi connectivity index (χ4n) is 3.55. The van der Waals surface area contributed by atoms with Gasteiger partial charge in [-0.3, -0.25) is 9.69 Å². The van der Waals surface area contributed by atoms with E-state index in [1.807, 2.05) is 44.2 Å². The molecule has 0 atom stereocenters. The zero-order valence-corrected chi connectivity index (χ0v) is 18.2. The number of aryl methyl sites for hydroxylation is 2. The summed E-state index contributed by atoms with van der Waals surface area (Å²) in [5.41, 5.74) is 4.44. The van der Waals surface area contributed by atoms with Crippen LogP contribution in [-0.4, -0.2) is 54.4 Å². The summed E-state index contributed by atoms with van der Waals surface area (Å²) in [6.45, 7) is 7.00. The molecule has 0 radical (unpaired) electrons. The number of morpholine rings is 1. The molecule has 2 aromatic rings. The Morgan fingerprint density at radius 2 is 1.73 bits per heavy atom. The van der Waals surface area contributed by atoms with Gasteiger partial charge >= 0.3 is 0 Å². The van der Waals surface area contributed by atoms with Crippen LogP contribution in [0.3, 0.4) is 0 Å². The topological polar surface area (TPSA) is 65.4 Å². The van der Waals surface area contributed by atoms with Crippen LogP contribution in [0.25, 0.3) is 6.08 Å². The molecule has 6 nitrogen and oxygen atoms in total. The minimum absolute atomic E-state index is 0.0768. The normalized spacial score (nSPS) is 19.9. The molecule has 2 aliphatic rings. The number of ether oxygens (including phenoxy) is 1. The van der Waals surface area contributed by atoms with E-state index in [0.717, 1.165) is 54.4 Å². The lowest BCUT2D eigenvalue weighted by atomic mass is 10.1. The fraction of sp³-hybridized carbons (Fsp3) is 0.304. The number of carbonyl (C=O) groups is 1. The van der Waals surface area contributed by atoms with Crippen molar-refractivity contribution < 1.29 is 14.6 Å². The van der Waals surface area contributed by atoms with Gasteiger partial charge in [0.2, 0.25) is 0 Å². The van der Waals surface area contributed by atoms with E-state index in [2.05, 4.69) is 22.0 Å². The van der Waals surface area contributed by atoms with Gasteiger partial charge in [0.25, 0.3) is 5.91 Å². The second-order valence-corrected chi connectivity index (χ2v) is 8.50. The van der Waals surface area contributed by atoms with Crippen molar-refractivity contribution in [1.29, 1.82) is 0 Å². The molecule has 0 spiro atoms. The predicted molar refractivity (Wildman–Crippen MR) is 122 cm³/mol. The average molecular weight is 424 g/mol. The molecule has 2 aliphatic heterocycles. The summed E-state index contributed by atoms with van der Waals surface area (Å²) in [4.78, 5) is 21.9. The summed E-state index contributed by atoms with van der Waals surface area (Å²) in [6, 6.07) is 11.8. The van der Waals surface area contributed by atoms with Crippen LogP contribution < -0.4 is 4.90 Å². The van der Waals surface area contributed by atoms with E-state index < -0.39 is 0 Å². The highest BCUT2D eigenvalue weighted by Gasteiger charge is 2.30. The number of thioether (sulfide) groups is 1. The van der Waals surface area contributed by atoms with Crippen molar-refractivity contribution in [2.75, 3.05) is 38.3 Å². The predicted octanol–water partition coefficient (Wildman–Crippen LogP) is 4.08. The Balaban J connectivity index is 1.54. The first kappa shape index (κ1) is 20.5. The molecule has 1 N–H and O–H groups in total. The molecule has 0 bridgehead atoms. The van der Waals surface area contributed by atoms with Crippen LogP contribution in [0, 0.1) is 13.8 Å². The monoisotopic (exact) mass is 423 g/mol. The van der Waals surface area contributed by atoms with E-state index >= 15 is 0 Å². The first-order valence-electron chi connectivity index (χ1n) is 9.91. The Morgan fingerprint density at radius 1 is 1.10 bits per heavy atom. The number of phenols is 1. The van der Waals surface area contributed by atoms with Gasteiger partial charge in [0.1, 0.15) is 5.75 Å². The van der Waals surface area contributed by atoms with Crippen molar-refractivity contribution in [3.8, 4) is 5.75 Å². The quantitative estimate of drug-likeness (QED) is 0.754. The Kier molecular flexibility index (Phi) is 5.83. The molecular weight excluding hydrogens is 398 g/mol. The number of benzene rings is 2. The van der Waals surface area contributed by atoms with Crippen molar-refractivity contribution in [3.05, 3.63) is 58.0 Å². The van der Waals surface area contributed by atoms with Gasteiger partial charge in [-0.2, -0.15) is 0 Å². The van der Waals surface area contributed by atoms with Gasteiger partial charge in [-0.25, -0.2) is 4.99 Å². The Morgan fingerprint density at radius 3 is 2.37 bits per heavy atom. The highest BCUT2D eigenvalue weighted by molar-refractivity contribution is 8.18. The van der Waals surface area contributed by atoms with Crippen LogP contribution in [-0.2, 0) is 9.53 Å². The van der Waals surface area contributed by atoms with Crippen LogP contribution in [0.15, 0.2) is 46.3 Å². The zero-order chi connectivity index (χ0) is 21.3. The third-order valence-corrected chi connectivity index (χ3v) is 6.33. The summed E-state index contributed by atoms with van der Waals surface area (Å²) < 4.78 is 5.41. The lowest BCUT2D eigenvalue weighted by Gasteiger charge is -2.28. The summed E-state index contributed by atoms with van der Waals surface area (Å²) in [5.74, 6) is 0.217. The second kappa shape index (κ2) is 8.53. The highest BCUT2D eigenvalue weighted by atomic mass is 32.2. The largest absolute Gasteiger partial charge is 0.507 e. The van der Waals surface area contributed by atoms with Crippen LogP contribution >= 0.6 is 11.8 Å². The smallest absolute Gasteiger partial charge is 0.266 e. The number of amides is 1.